The average molecular weight is 300 g/mol. The molecule has 1 heterocycles. The maximum Gasteiger partial charge on any atom is 0.293 e. The van der Waals surface area contributed by atoms with Crippen LogP contribution in [-0.2, 0) is 17.8 Å². The van der Waals surface area contributed by atoms with Gasteiger partial charge in [-0.1, -0.05) is 29.8 Å². The van der Waals surface area contributed by atoms with Gasteiger partial charge in [0.15, 0.2) is 5.82 Å². The molecule has 0 saturated heterocycles. The first-order valence-corrected chi connectivity index (χ1v) is 7.11. The van der Waals surface area contributed by atoms with Crippen LogP contribution in [0.4, 0.5) is 5.82 Å². The van der Waals surface area contributed by atoms with Gasteiger partial charge in [0.1, 0.15) is 6.54 Å². The fraction of sp³-hybridized carbons (Fsp3) is 0.312. The van der Waals surface area contributed by atoms with E-state index in [0.29, 0.717) is 12.2 Å². The Bertz CT molecular complexity index is 720. The van der Waals surface area contributed by atoms with E-state index in [1.807, 2.05) is 6.92 Å². The first-order chi connectivity index (χ1) is 10.5. The van der Waals surface area contributed by atoms with Crippen molar-refractivity contribution < 1.29 is 4.79 Å². The van der Waals surface area contributed by atoms with Crippen LogP contribution in [0.1, 0.15) is 16.8 Å². The van der Waals surface area contributed by atoms with Gasteiger partial charge >= 0.3 is 0 Å². The molecule has 0 radical (unpaired) electrons. The van der Waals surface area contributed by atoms with Gasteiger partial charge < -0.3 is 11.1 Å². The van der Waals surface area contributed by atoms with Crippen molar-refractivity contribution in [3.63, 3.8) is 0 Å². The zero-order chi connectivity index (χ0) is 16.1. The Balaban J connectivity index is 2.05. The third-order valence-corrected chi connectivity index (χ3v) is 3.39. The molecule has 0 saturated carbocycles. The summed E-state index contributed by atoms with van der Waals surface area (Å²) in [6, 6.07) is 8.23. The molecule has 1 amide bonds. The Morgan fingerprint density at radius 1 is 1.27 bits per heavy atom. The molecule has 0 aliphatic carbocycles. The van der Waals surface area contributed by atoms with Gasteiger partial charge in [0.2, 0.25) is 5.91 Å². The van der Waals surface area contributed by atoms with Gasteiger partial charge in [0.05, 0.1) is 0 Å². The number of nitrogens with two attached hydrogens (primary N) is 1. The normalized spacial score (nSPS) is 10.5. The number of nitrogens with zero attached hydrogens (tertiary/aromatic N) is 2. The molecule has 0 atom stereocenters. The van der Waals surface area contributed by atoms with Gasteiger partial charge in [-0.15, -0.1) is 0 Å². The number of primary amides is 1. The van der Waals surface area contributed by atoms with Crippen LogP contribution in [0.5, 0.6) is 0 Å². The minimum absolute atomic E-state index is 0.139. The van der Waals surface area contributed by atoms with Crippen molar-refractivity contribution >= 4 is 11.7 Å². The van der Waals surface area contributed by atoms with Crippen molar-refractivity contribution in [2.75, 3.05) is 11.9 Å². The Morgan fingerprint density at radius 3 is 2.59 bits per heavy atom. The number of carbonyl (C=O) groups is 1. The summed E-state index contributed by atoms with van der Waals surface area (Å²) in [5, 5.41) is 3.02. The maximum atomic E-state index is 12.2. The second-order valence-electron chi connectivity index (χ2n) is 5.27. The number of nitrogens with one attached hydrogen (secondary N) is 1. The lowest BCUT2D eigenvalue weighted by atomic mass is 10.1. The lowest BCUT2D eigenvalue weighted by molar-refractivity contribution is -0.118. The monoisotopic (exact) mass is 300 g/mol. The lowest BCUT2D eigenvalue weighted by Gasteiger charge is -2.11. The van der Waals surface area contributed by atoms with Crippen molar-refractivity contribution in [2.24, 2.45) is 5.73 Å². The molecule has 1 aromatic heterocycles. The maximum absolute atomic E-state index is 12.2. The summed E-state index contributed by atoms with van der Waals surface area (Å²) >= 11 is 0. The molecule has 0 bridgehead atoms. The molecule has 116 valence electrons. The Kier molecular flexibility index (Phi) is 4.93. The fourth-order valence-electron chi connectivity index (χ4n) is 2.12. The number of amides is 1. The van der Waals surface area contributed by atoms with Gasteiger partial charge in [0, 0.05) is 18.4 Å². The number of hydrogen-bond acceptors (Lipinski definition) is 4. The van der Waals surface area contributed by atoms with E-state index in [2.05, 4.69) is 34.6 Å². The van der Waals surface area contributed by atoms with Crippen LogP contribution in [0.3, 0.4) is 0 Å². The molecule has 0 aliphatic rings. The zero-order valence-electron chi connectivity index (χ0n) is 12.8. The largest absolute Gasteiger partial charge is 0.368 e. The van der Waals surface area contributed by atoms with Gasteiger partial charge in [-0.05, 0) is 25.8 Å². The van der Waals surface area contributed by atoms with E-state index in [4.69, 9.17) is 5.73 Å². The Morgan fingerprint density at radius 2 is 1.95 bits per heavy atom. The molecule has 3 N–H and O–H groups in total. The summed E-state index contributed by atoms with van der Waals surface area (Å²) in [6.07, 6.45) is 2.34. The first kappa shape index (κ1) is 15.8. The molecule has 0 fully saturated rings. The molecule has 0 aliphatic heterocycles. The topological polar surface area (TPSA) is 90.0 Å². The van der Waals surface area contributed by atoms with Crippen molar-refractivity contribution in [1.82, 2.24) is 9.55 Å². The van der Waals surface area contributed by atoms with Gasteiger partial charge in [-0.3, -0.25) is 14.2 Å². The highest BCUT2D eigenvalue weighted by Gasteiger charge is 2.09. The van der Waals surface area contributed by atoms with Crippen LogP contribution >= 0.6 is 0 Å². The van der Waals surface area contributed by atoms with Crippen LogP contribution in [0.2, 0.25) is 0 Å². The minimum Gasteiger partial charge on any atom is -0.368 e. The molecule has 1 aromatic carbocycles. The number of benzene rings is 1. The minimum atomic E-state index is -0.554. The molecule has 2 rings (SSSR count). The third-order valence-electron chi connectivity index (χ3n) is 3.39. The van der Waals surface area contributed by atoms with Crippen LogP contribution in [0.15, 0.2) is 35.3 Å². The Hall–Kier alpha value is -2.63. The SMILES string of the molecule is Cc1ccc(CCNc2ncc(C)n(CC(N)=O)c2=O)cc1. The predicted molar refractivity (Wildman–Crippen MR) is 85.8 cm³/mol. The number of carbonyl (C=O) groups excluding carboxylic acids is 1. The second-order valence-corrected chi connectivity index (χ2v) is 5.27. The predicted octanol–water partition coefficient (Wildman–Crippen LogP) is 1.00. The van der Waals surface area contributed by atoms with E-state index in [9.17, 15) is 9.59 Å². The summed E-state index contributed by atoms with van der Waals surface area (Å²) in [6.45, 7) is 4.21. The van der Waals surface area contributed by atoms with Crippen LogP contribution in [0, 0.1) is 13.8 Å². The molecule has 0 spiro atoms. The highest BCUT2D eigenvalue weighted by molar-refractivity contribution is 5.73. The van der Waals surface area contributed by atoms with Crippen molar-refractivity contribution in [1.29, 1.82) is 0 Å². The molecular weight excluding hydrogens is 280 g/mol. The molecule has 2 aromatic rings. The number of anilines is 1. The van der Waals surface area contributed by atoms with E-state index in [1.165, 1.54) is 15.7 Å². The standard InChI is InChI=1S/C16H20N4O2/c1-11-3-5-13(6-4-11)7-8-18-15-16(22)20(10-14(17)21)12(2)9-19-15/h3-6,9H,7-8,10H2,1-2H3,(H2,17,21)(H,18,19). The van der Waals surface area contributed by atoms with Gasteiger partial charge in [0.25, 0.3) is 5.56 Å². The summed E-state index contributed by atoms with van der Waals surface area (Å²) in [4.78, 5) is 27.4. The number of hydrogen-bond donors (Lipinski definition) is 2. The smallest absolute Gasteiger partial charge is 0.293 e. The molecule has 0 unspecified atom stereocenters. The molecule has 22 heavy (non-hydrogen) atoms. The number of rotatable bonds is 6. The number of aromatic nitrogens is 2. The summed E-state index contributed by atoms with van der Waals surface area (Å²) in [5.74, 6) is -0.319. The van der Waals surface area contributed by atoms with Crippen molar-refractivity contribution in [2.45, 2.75) is 26.8 Å². The van der Waals surface area contributed by atoms with Gasteiger partial charge in [-0.25, -0.2) is 4.98 Å². The first-order valence-electron chi connectivity index (χ1n) is 7.11. The van der Waals surface area contributed by atoms with E-state index in [-0.39, 0.29) is 17.9 Å². The van der Waals surface area contributed by atoms with Crippen molar-refractivity contribution in [3.8, 4) is 0 Å². The summed E-state index contributed by atoms with van der Waals surface area (Å²) in [7, 11) is 0. The van der Waals surface area contributed by atoms with E-state index in [0.717, 1.165) is 6.42 Å². The summed E-state index contributed by atoms with van der Waals surface area (Å²) < 4.78 is 1.32. The molecule has 6 heteroatoms. The fourth-order valence-corrected chi connectivity index (χ4v) is 2.12. The van der Waals surface area contributed by atoms with Crippen LogP contribution in [-0.4, -0.2) is 22.0 Å². The van der Waals surface area contributed by atoms with E-state index in [1.54, 1.807) is 13.1 Å². The van der Waals surface area contributed by atoms with Crippen molar-refractivity contribution in [3.05, 3.63) is 57.6 Å². The quantitative estimate of drug-likeness (QED) is 0.833. The Labute approximate surface area is 129 Å². The number of aryl methyl sites for hydroxylation is 2. The van der Waals surface area contributed by atoms with E-state index >= 15 is 0 Å². The molecular formula is C16H20N4O2. The van der Waals surface area contributed by atoms with Crippen LogP contribution in [0.25, 0.3) is 0 Å². The third kappa shape index (κ3) is 3.94. The zero-order valence-corrected chi connectivity index (χ0v) is 12.8. The average Bonchev–Trinajstić information content (AvgIpc) is 2.47. The summed E-state index contributed by atoms with van der Waals surface area (Å²) in [5.41, 5.74) is 7.83. The van der Waals surface area contributed by atoms with E-state index < -0.39 is 5.91 Å². The highest BCUT2D eigenvalue weighted by Crippen LogP contribution is 2.04. The van der Waals surface area contributed by atoms with Crippen LogP contribution < -0.4 is 16.6 Å². The lowest BCUT2D eigenvalue weighted by Crippen LogP contribution is -2.32. The van der Waals surface area contributed by atoms with Gasteiger partial charge in [-0.2, -0.15) is 0 Å². The highest BCUT2D eigenvalue weighted by atomic mass is 16.2. The second kappa shape index (κ2) is 6.89. The molecule has 6 nitrogen and oxygen atoms in total.